The standard InChI is InChI=1S/C26H20FO2S/c1-4-26(3,22-13-6-7-14-23(22)27)29-25(28)20-11-9-12-21(17-20)30-18(2)16-19-10-5-8-15-24(19)30/h1,5-17H,2-3H3/q+1. The van der Waals surface area contributed by atoms with Gasteiger partial charge in [-0.3, -0.25) is 0 Å². The first-order chi connectivity index (χ1) is 14.4. The van der Waals surface area contributed by atoms with Gasteiger partial charge in [0, 0.05) is 40.5 Å². The van der Waals surface area contributed by atoms with Crippen LogP contribution in [-0.2, 0) is 10.3 Å². The molecule has 3 aromatic carbocycles. The summed E-state index contributed by atoms with van der Waals surface area (Å²) in [6.45, 7) is 3.62. The number of carbonyl (C=O) groups is 1. The predicted molar refractivity (Wildman–Crippen MR) is 121 cm³/mol. The molecule has 0 N–H and O–H groups in total. The zero-order valence-corrected chi connectivity index (χ0v) is 17.5. The molecule has 0 spiro atoms. The maximum absolute atomic E-state index is 14.3. The van der Waals surface area contributed by atoms with Crippen molar-refractivity contribution < 1.29 is 13.9 Å². The summed E-state index contributed by atoms with van der Waals surface area (Å²) in [5.74, 6) is 1.34. The molecule has 0 saturated heterocycles. The molecule has 0 fully saturated rings. The quantitative estimate of drug-likeness (QED) is 0.210. The highest BCUT2D eigenvalue weighted by atomic mass is 32.2. The van der Waals surface area contributed by atoms with Crippen LogP contribution in [0.4, 0.5) is 4.39 Å². The van der Waals surface area contributed by atoms with Gasteiger partial charge in [0.2, 0.25) is 0 Å². The van der Waals surface area contributed by atoms with Crippen LogP contribution < -0.4 is 0 Å². The number of rotatable bonds is 4. The number of carbonyl (C=O) groups excluding carboxylic acids is 1. The second-order valence-electron chi connectivity index (χ2n) is 7.17. The van der Waals surface area contributed by atoms with Crippen molar-refractivity contribution >= 4 is 26.5 Å². The Kier molecular flexibility index (Phi) is 5.15. The summed E-state index contributed by atoms with van der Waals surface area (Å²) in [7, 11) is -0.249. The van der Waals surface area contributed by atoms with Crippen molar-refractivity contribution in [3.05, 3.63) is 101 Å². The topological polar surface area (TPSA) is 26.3 Å². The molecular weight excluding hydrogens is 395 g/mol. The van der Waals surface area contributed by atoms with E-state index in [2.05, 4.69) is 31.0 Å². The molecular formula is C26H20FO2S+. The van der Waals surface area contributed by atoms with Crippen molar-refractivity contribution in [1.82, 2.24) is 0 Å². The lowest BCUT2D eigenvalue weighted by Gasteiger charge is -2.25. The van der Waals surface area contributed by atoms with Crippen LogP contribution in [0.1, 0.15) is 27.7 Å². The zero-order valence-electron chi connectivity index (χ0n) is 16.7. The highest BCUT2D eigenvalue weighted by Gasteiger charge is 2.32. The first-order valence-corrected chi connectivity index (χ1v) is 10.7. The van der Waals surface area contributed by atoms with E-state index in [-0.39, 0.29) is 16.0 Å². The van der Waals surface area contributed by atoms with Gasteiger partial charge in [0.25, 0.3) is 0 Å². The fourth-order valence-electron chi connectivity index (χ4n) is 3.55. The minimum Gasteiger partial charge on any atom is -0.438 e. The highest BCUT2D eigenvalue weighted by Crippen LogP contribution is 2.43. The highest BCUT2D eigenvalue weighted by molar-refractivity contribution is 7.45. The zero-order chi connectivity index (χ0) is 21.3. The van der Waals surface area contributed by atoms with Gasteiger partial charge in [-0.15, -0.1) is 6.42 Å². The normalized spacial score (nSPS) is 13.5. The first kappa shape index (κ1) is 19.9. The molecule has 0 radical (unpaired) electrons. The lowest BCUT2D eigenvalue weighted by molar-refractivity contribution is 0.0118. The second kappa shape index (κ2) is 7.78. The summed E-state index contributed by atoms with van der Waals surface area (Å²) in [5, 5.41) is 1.20. The van der Waals surface area contributed by atoms with E-state index < -0.39 is 17.4 Å². The summed E-state index contributed by atoms with van der Waals surface area (Å²) in [5.41, 5.74) is -0.964. The molecule has 1 aromatic heterocycles. The molecule has 0 aliphatic rings. The Balaban J connectivity index is 1.70. The van der Waals surface area contributed by atoms with Crippen molar-refractivity contribution in [2.45, 2.75) is 19.4 Å². The van der Waals surface area contributed by atoms with Crippen LogP contribution in [-0.4, -0.2) is 5.97 Å². The van der Waals surface area contributed by atoms with Gasteiger partial charge < -0.3 is 4.74 Å². The number of thiophene rings is 1. The second-order valence-corrected chi connectivity index (χ2v) is 9.34. The third-order valence-corrected chi connectivity index (χ3v) is 7.38. The number of halogens is 1. The fourth-order valence-corrected chi connectivity index (χ4v) is 5.81. The van der Waals surface area contributed by atoms with E-state index in [0.717, 1.165) is 4.90 Å². The Morgan fingerprint density at radius 3 is 2.53 bits per heavy atom. The molecule has 4 rings (SSSR count). The van der Waals surface area contributed by atoms with Crippen LogP contribution in [0.3, 0.4) is 0 Å². The van der Waals surface area contributed by atoms with Crippen molar-refractivity contribution in [3.8, 4) is 17.2 Å². The predicted octanol–water partition coefficient (Wildman–Crippen LogP) is 6.73. The van der Waals surface area contributed by atoms with Gasteiger partial charge in [0.05, 0.1) is 5.56 Å². The molecule has 30 heavy (non-hydrogen) atoms. The number of fused-ring (bicyclic) bond motifs is 1. The van der Waals surface area contributed by atoms with Crippen LogP contribution in [0.25, 0.3) is 15.0 Å². The number of hydrogen-bond acceptors (Lipinski definition) is 2. The summed E-state index contributed by atoms with van der Waals surface area (Å²) < 4.78 is 21.1. The van der Waals surface area contributed by atoms with E-state index in [0.29, 0.717) is 5.56 Å². The van der Waals surface area contributed by atoms with E-state index in [1.54, 1.807) is 18.2 Å². The smallest absolute Gasteiger partial charge is 0.340 e. The minimum absolute atomic E-state index is 0.155. The van der Waals surface area contributed by atoms with Crippen LogP contribution in [0.2, 0.25) is 0 Å². The van der Waals surface area contributed by atoms with Crippen molar-refractivity contribution in [1.29, 1.82) is 0 Å². The van der Waals surface area contributed by atoms with Crippen molar-refractivity contribution in [2.24, 2.45) is 0 Å². The first-order valence-electron chi connectivity index (χ1n) is 9.51. The molecule has 0 saturated carbocycles. The van der Waals surface area contributed by atoms with Crippen LogP contribution in [0.15, 0.2) is 78.9 Å². The van der Waals surface area contributed by atoms with Gasteiger partial charge in [-0.1, -0.05) is 42.3 Å². The van der Waals surface area contributed by atoms with Crippen molar-refractivity contribution in [2.75, 3.05) is 0 Å². The van der Waals surface area contributed by atoms with E-state index >= 15 is 0 Å². The molecule has 0 bridgehead atoms. The van der Waals surface area contributed by atoms with Crippen LogP contribution >= 0.6 is 10.5 Å². The number of terminal acetylenes is 1. The number of esters is 1. The summed E-state index contributed by atoms with van der Waals surface area (Å²) >= 11 is 0. The molecule has 0 aliphatic carbocycles. The largest absolute Gasteiger partial charge is 0.438 e. The molecule has 148 valence electrons. The van der Waals surface area contributed by atoms with E-state index in [1.807, 2.05) is 30.3 Å². The van der Waals surface area contributed by atoms with Gasteiger partial charge in [-0.05, 0) is 37.3 Å². The van der Waals surface area contributed by atoms with Crippen molar-refractivity contribution in [3.63, 3.8) is 0 Å². The average Bonchev–Trinajstić information content (AvgIpc) is 3.09. The lowest BCUT2D eigenvalue weighted by atomic mass is 9.96. The van der Waals surface area contributed by atoms with Crippen LogP contribution in [0.5, 0.6) is 0 Å². The van der Waals surface area contributed by atoms with Gasteiger partial charge in [0.1, 0.15) is 5.82 Å². The Hall–Kier alpha value is -3.42. The number of hydrogen-bond donors (Lipinski definition) is 0. The maximum atomic E-state index is 14.3. The third-order valence-electron chi connectivity index (χ3n) is 5.09. The molecule has 2 unspecified atom stereocenters. The maximum Gasteiger partial charge on any atom is 0.340 e. The summed E-state index contributed by atoms with van der Waals surface area (Å²) in [4.78, 5) is 15.2. The molecule has 2 atom stereocenters. The molecule has 0 amide bonds. The van der Waals surface area contributed by atoms with E-state index in [4.69, 9.17) is 11.2 Å². The number of aryl methyl sites for hydroxylation is 1. The van der Waals surface area contributed by atoms with Gasteiger partial charge >= 0.3 is 5.97 Å². The third kappa shape index (κ3) is 3.49. The van der Waals surface area contributed by atoms with Gasteiger partial charge in [-0.25, -0.2) is 9.18 Å². The lowest BCUT2D eigenvalue weighted by Crippen LogP contribution is -2.28. The SMILES string of the molecule is C#CC(C)(OC(=O)c1cccc(-[s+]2c(C)cc3ccccc32)c1)c1ccccc1F. The Labute approximate surface area is 177 Å². The monoisotopic (exact) mass is 415 g/mol. The molecule has 1 heterocycles. The van der Waals surface area contributed by atoms with E-state index in [1.165, 1.54) is 34.0 Å². The average molecular weight is 416 g/mol. The van der Waals surface area contributed by atoms with E-state index in [9.17, 15) is 9.18 Å². The van der Waals surface area contributed by atoms with Gasteiger partial charge in [-0.2, -0.15) is 0 Å². The number of benzene rings is 3. The molecule has 2 nitrogen and oxygen atoms in total. The molecule has 4 heteroatoms. The Morgan fingerprint density at radius 1 is 1.03 bits per heavy atom. The Bertz CT molecular complexity index is 1300. The van der Waals surface area contributed by atoms with Crippen LogP contribution in [0, 0.1) is 25.1 Å². The molecule has 4 aromatic rings. The summed E-state index contributed by atoms with van der Waals surface area (Å²) in [6.07, 6.45) is 5.64. The van der Waals surface area contributed by atoms with Gasteiger partial charge in [0.15, 0.2) is 20.1 Å². The molecule has 0 aliphatic heterocycles. The summed E-state index contributed by atoms with van der Waals surface area (Å²) in [6, 6.07) is 23.9. The minimum atomic E-state index is -1.50. The Morgan fingerprint density at radius 2 is 1.77 bits per heavy atom. The fraction of sp³-hybridized carbons (Fsp3) is 0.115. The number of ether oxygens (including phenoxy) is 1.